The van der Waals surface area contributed by atoms with Crippen LogP contribution in [0.2, 0.25) is 0 Å². The number of nitrogens with one attached hydrogen (secondary N) is 2. The van der Waals surface area contributed by atoms with Gasteiger partial charge >= 0.3 is 0 Å². The summed E-state index contributed by atoms with van der Waals surface area (Å²) in [6.45, 7) is 3.65. The number of rotatable bonds is 7. The van der Waals surface area contributed by atoms with Gasteiger partial charge in [-0.2, -0.15) is 9.78 Å². The molecule has 0 radical (unpaired) electrons. The van der Waals surface area contributed by atoms with Crippen molar-refractivity contribution in [3.63, 3.8) is 0 Å². The summed E-state index contributed by atoms with van der Waals surface area (Å²) in [7, 11) is 0. The molecule has 0 aliphatic heterocycles. The summed E-state index contributed by atoms with van der Waals surface area (Å²) in [5.74, 6) is 0.925. The molecule has 2 N–H and O–H groups in total. The van der Waals surface area contributed by atoms with Crippen molar-refractivity contribution in [1.29, 1.82) is 0 Å². The number of aryl methyl sites for hydroxylation is 2. The van der Waals surface area contributed by atoms with Gasteiger partial charge in [0.05, 0.1) is 5.69 Å². The molecule has 0 aliphatic rings. The van der Waals surface area contributed by atoms with Gasteiger partial charge in [0.2, 0.25) is 5.95 Å². The van der Waals surface area contributed by atoms with E-state index in [1.807, 2.05) is 49.4 Å². The first-order valence-corrected chi connectivity index (χ1v) is 10.1. The van der Waals surface area contributed by atoms with Crippen LogP contribution in [0, 0.1) is 6.92 Å². The number of benzene rings is 2. The van der Waals surface area contributed by atoms with Gasteiger partial charge in [-0.05, 0) is 36.2 Å². The monoisotopic (exact) mass is 417 g/mol. The minimum absolute atomic E-state index is 0.164. The molecule has 0 unspecified atom stereocenters. The van der Waals surface area contributed by atoms with Crippen molar-refractivity contribution in [2.45, 2.75) is 26.7 Å². The van der Waals surface area contributed by atoms with Crippen LogP contribution in [-0.2, 0) is 11.2 Å². The van der Waals surface area contributed by atoms with Crippen LogP contribution in [0.1, 0.15) is 24.7 Å². The van der Waals surface area contributed by atoms with Gasteiger partial charge in [-0.25, -0.2) is 4.98 Å². The van der Waals surface area contributed by atoms with Gasteiger partial charge in [-0.3, -0.25) is 14.6 Å². The summed E-state index contributed by atoms with van der Waals surface area (Å²) < 4.78 is 7.08. The van der Waals surface area contributed by atoms with E-state index in [2.05, 4.69) is 20.4 Å². The molecule has 0 saturated heterocycles. The Kier molecular flexibility index (Phi) is 5.79. The molecule has 8 heteroatoms. The van der Waals surface area contributed by atoms with Crippen LogP contribution in [-0.4, -0.2) is 32.3 Å². The molecule has 0 spiro atoms. The van der Waals surface area contributed by atoms with Crippen LogP contribution in [0.15, 0.2) is 59.4 Å². The van der Waals surface area contributed by atoms with Gasteiger partial charge in [0.25, 0.3) is 11.5 Å². The SMILES string of the molecule is CCCc1cc(=O)[nH]c(-n2nc(C)cc2NC(=O)COc2ccc3ccccc3c2)n1. The number of nitrogens with zero attached hydrogens (tertiary/aromatic N) is 3. The van der Waals surface area contributed by atoms with Gasteiger partial charge in [-0.1, -0.05) is 43.7 Å². The number of anilines is 1. The number of fused-ring (bicyclic) bond motifs is 1. The van der Waals surface area contributed by atoms with Crippen LogP contribution in [0.25, 0.3) is 16.7 Å². The Balaban J connectivity index is 1.49. The molecular formula is C23H23N5O3. The van der Waals surface area contributed by atoms with E-state index in [0.29, 0.717) is 29.4 Å². The molecule has 8 nitrogen and oxygen atoms in total. The molecule has 4 rings (SSSR count). The third-order valence-electron chi connectivity index (χ3n) is 4.68. The standard InChI is InChI=1S/C23H23N5O3/c1-3-6-18-13-21(29)26-23(24-18)28-20(11-15(2)27-28)25-22(30)14-31-19-10-9-16-7-4-5-8-17(16)12-19/h4-5,7-13H,3,6,14H2,1-2H3,(H,25,30)(H,24,26,29). The second-order valence-corrected chi connectivity index (χ2v) is 7.24. The molecule has 0 saturated carbocycles. The van der Waals surface area contributed by atoms with Crippen molar-refractivity contribution < 1.29 is 9.53 Å². The third-order valence-corrected chi connectivity index (χ3v) is 4.68. The minimum Gasteiger partial charge on any atom is -0.484 e. The molecule has 4 aromatic rings. The van der Waals surface area contributed by atoms with Crippen molar-refractivity contribution in [2.75, 3.05) is 11.9 Å². The highest BCUT2D eigenvalue weighted by molar-refractivity contribution is 5.91. The first kappa shape index (κ1) is 20.3. The second-order valence-electron chi connectivity index (χ2n) is 7.24. The van der Waals surface area contributed by atoms with Gasteiger partial charge in [0, 0.05) is 17.8 Å². The molecule has 0 aliphatic carbocycles. The highest BCUT2D eigenvalue weighted by Gasteiger charge is 2.14. The molecule has 0 bridgehead atoms. The highest BCUT2D eigenvalue weighted by Crippen LogP contribution is 2.20. The maximum Gasteiger partial charge on any atom is 0.263 e. The number of H-pyrrole nitrogens is 1. The van der Waals surface area contributed by atoms with Crippen LogP contribution in [0.3, 0.4) is 0 Å². The number of aromatic amines is 1. The van der Waals surface area contributed by atoms with Crippen molar-refractivity contribution in [3.05, 3.63) is 76.3 Å². The van der Waals surface area contributed by atoms with Crippen molar-refractivity contribution in [2.24, 2.45) is 0 Å². The van der Waals surface area contributed by atoms with E-state index < -0.39 is 0 Å². The number of hydrogen-bond acceptors (Lipinski definition) is 5. The Hall–Kier alpha value is -3.94. The number of carbonyl (C=O) groups excluding carboxylic acids is 1. The molecule has 2 aromatic carbocycles. The number of ether oxygens (including phenoxy) is 1. The van der Waals surface area contributed by atoms with E-state index in [9.17, 15) is 9.59 Å². The lowest BCUT2D eigenvalue weighted by Crippen LogP contribution is -2.23. The zero-order valence-corrected chi connectivity index (χ0v) is 17.4. The fourth-order valence-electron chi connectivity index (χ4n) is 3.31. The Bertz CT molecular complexity index is 1290. The second kappa shape index (κ2) is 8.83. The van der Waals surface area contributed by atoms with Crippen LogP contribution in [0.4, 0.5) is 5.82 Å². The van der Waals surface area contributed by atoms with E-state index in [4.69, 9.17) is 4.74 Å². The molecule has 31 heavy (non-hydrogen) atoms. The fourth-order valence-corrected chi connectivity index (χ4v) is 3.31. The molecule has 2 aromatic heterocycles. The van der Waals surface area contributed by atoms with Crippen molar-refractivity contribution >= 4 is 22.5 Å². The lowest BCUT2D eigenvalue weighted by molar-refractivity contribution is -0.118. The highest BCUT2D eigenvalue weighted by atomic mass is 16.5. The van der Waals surface area contributed by atoms with E-state index in [1.54, 1.807) is 13.0 Å². The van der Waals surface area contributed by atoms with Crippen molar-refractivity contribution in [3.8, 4) is 11.7 Å². The number of hydrogen-bond donors (Lipinski definition) is 2. The first-order valence-electron chi connectivity index (χ1n) is 10.1. The van der Waals surface area contributed by atoms with Gasteiger partial charge in [0.1, 0.15) is 11.6 Å². The summed E-state index contributed by atoms with van der Waals surface area (Å²) in [4.78, 5) is 31.7. The summed E-state index contributed by atoms with van der Waals surface area (Å²) in [5, 5.41) is 9.28. The van der Waals surface area contributed by atoms with Gasteiger partial charge in [0.15, 0.2) is 6.61 Å². The number of aromatic nitrogens is 4. The Morgan fingerprint density at radius 2 is 1.94 bits per heavy atom. The summed E-state index contributed by atoms with van der Waals surface area (Å²) in [6.07, 6.45) is 1.54. The first-order chi connectivity index (χ1) is 15.0. The van der Waals surface area contributed by atoms with E-state index in [1.165, 1.54) is 10.7 Å². The predicted octanol–water partition coefficient (Wildman–Crippen LogP) is 3.39. The molecule has 0 atom stereocenters. The zero-order valence-electron chi connectivity index (χ0n) is 17.4. The van der Waals surface area contributed by atoms with Gasteiger partial charge in [-0.15, -0.1) is 0 Å². The Morgan fingerprint density at radius 1 is 1.13 bits per heavy atom. The van der Waals surface area contributed by atoms with E-state index in [0.717, 1.165) is 17.2 Å². The summed E-state index contributed by atoms with van der Waals surface area (Å²) in [6, 6.07) is 16.8. The topological polar surface area (TPSA) is 102 Å². The lowest BCUT2D eigenvalue weighted by atomic mass is 10.1. The minimum atomic E-state index is -0.346. The van der Waals surface area contributed by atoms with E-state index >= 15 is 0 Å². The Morgan fingerprint density at radius 3 is 2.74 bits per heavy atom. The van der Waals surface area contributed by atoms with Crippen LogP contribution >= 0.6 is 0 Å². The van der Waals surface area contributed by atoms with Crippen molar-refractivity contribution in [1.82, 2.24) is 19.7 Å². The maximum atomic E-state index is 12.5. The third kappa shape index (κ3) is 4.80. The van der Waals surface area contributed by atoms with Gasteiger partial charge < -0.3 is 10.1 Å². The predicted molar refractivity (Wildman–Crippen MR) is 119 cm³/mol. The van der Waals surface area contributed by atoms with E-state index in [-0.39, 0.29) is 24.0 Å². The fraction of sp³-hybridized carbons (Fsp3) is 0.217. The number of carbonyl (C=O) groups is 1. The Labute approximate surface area is 178 Å². The number of amides is 1. The molecule has 1 amide bonds. The van der Waals surface area contributed by atoms with Crippen LogP contribution < -0.4 is 15.6 Å². The maximum absolute atomic E-state index is 12.5. The quantitative estimate of drug-likeness (QED) is 0.480. The largest absolute Gasteiger partial charge is 0.484 e. The smallest absolute Gasteiger partial charge is 0.263 e. The average Bonchev–Trinajstić information content (AvgIpc) is 3.12. The zero-order chi connectivity index (χ0) is 21.8. The molecule has 158 valence electrons. The average molecular weight is 417 g/mol. The normalized spacial score (nSPS) is 10.9. The lowest BCUT2D eigenvalue weighted by Gasteiger charge is -2.10. The summed E-state index contributed by atoms with van der Waals surface area (Å²) in [5.41, 5.74) is 1.08. The summed E-state index contributed by atoms with van der Waals surface area (Å²) >= 11 is 0. The molecule has 0 fully saturated rings. The molecule has 2 heterocycles. The van der Waals surface area contributed by atoms with Crippen LogP contribution in [0.5, 0.6) is 5.75 Å². The molecular weight excluding hydrogens is 394 g/mol.